The molecule has 1 aromatic carbocycles. The lowest BCUT2D eigenvalue weighted by Gasteiger charge is -2.05. The molecule has 96 valence electrons. The first kappa shape index (κ1) is 11.2. The summed E-state index contributed by atoms with van der Waals surface area (Å²) in [5, 5.41) is 6.52. The number of rotatable bonds is 1. The van der Waals surface area contributed by atoms with Crippen molar-refractivity contribution in [2.24, 2.45) is 0 Å². The van der Waals surface area contributed by atoms with Crippen molar-refractivity contribution in [2.45, 2.75) is 31.6 Å². The lowest BCUT2D eigenvalue weighted by Crippen LogP contribution is -1.94. The van der Waals surface area contributed by atoms with Crippen molar-refractivity contribution in [3.8, 4) is 0 Å². The maximum absolute atomic E-state index is 5.92. The summed E-state index contributed by atoms with van der Waals surface area (Å²) in [4.78, 5) is 8.39. The highest BCUT2D eigenvalue weighted by molar-refractivity contribution is 6.28. The largest absolute Gasteiger partial charge is 0.356 e. The molecule has 3 aromatic rings. The van der Waals surface area contributed by atoms with Gasteiger partial charge >= 0.3 is 0 Å². The van der Waals surface area contributed by atoms with E-state index in [-0.39, 0.29) is 5.28 Å². The highest BCUT2D eigenvalue weighted by atomic mass is 35.5. The summed E-state index contributed by atoms with van der Waals surface area (Å²) >= 11 is 5.92. The van der Waals surface area contributed by atoms with Gasteiger partial charge in [-0.2, -0.15) is 0 Å². The molecule has 1 aliphatic carbocycles. The van der Waals surface area contributed by atoms with Crippen LogP contribution in [0.3, 0.4) is 0 Å². The van der Waals surface area contributed by atoms with Gasteiger partial charge in [0.1, 0.15) is 0 Å². The molecular formula is C14H12ClN3O. The molecule has 1 aliphatic rings. The first-order chi connectivity index (χ1) is 9.33. The molecule has 0 N–H and O–H groups in total. The van der Waals surface area contributed by atoms with E-state index >= 15 is 0 Å². The number of aromatic nitrogens is 3. The van der Waals surface area contributed by atoms with Crippen LogP contribution in [0.5, 0.6) is 0 Å². The zero-order valence-corrected chi connectivity index (χ0v) is 11.0. The van der Waals surface area contributed by atoms with Crippen LogP contribution in [0.25, 0.3) is 21.9 Å². The fourth-order valence-corrected chi connectivity index (χ4v) is 3.14. The maximum Gasteiger partial charge on any atom is 0.222 e. The second-order valence-corrected chi connectivity index (χ2v) is 5.40. The molecular weight excluding hydrogens is 262 g/mol. The molecule has 1 fully saturated rings. The van der Waals surface area contributed by atoms with Crippen molar-refractivity contribution in [1.82, 2.24) is 15.1 Å². The van der Waals surface area contributed by atoms with Gasteiger partial charge in [-0.1, -0.05) is 18.0 Å². The molecule has 2 aromatic heterocycles. The summed E-state index contributed by atoms with van der Waals surface area (Å²) < 4.78 is 5.46. The Morgan fingerprint density at radius 2 is 2.05 bits per heavy atom. The van der Waals surface area contributed by atoms with Crippen LogP contribution in [0.4, 0.5) is 0 Å². The lowest BCUT2D eigenvalue weighted by atomic mass is 9.99. The molecule has 0 bridgehead atoms. The van der Waals surface area contributed by atoms with E-state index in [1.165, 1.54) is 25.7 Å². The van der Waals surface area contributed by atoms with Gasteiger partial charge in [-0.3, -0.25) is 0 Å². The minimum atomic E-state index is 0.263. The van der Waals surface area contributed by atoms with Crippen molar-refractivity contribution < 1.29 is 4.52 Å². The molecule has 2 heterocycles. The average molecular weight is 274 g/mol. The summed E-state index contributed by atoms with van der Waals surface area (Å²) in [7, 11) is 0. The topological polar surface area (TPSA) is 51.8 Å². The second-order valence-electron chi connectivity index (χ2n) is 5.06. The molecule has 0 amide bonds. The lowest BCUT2D eigenvalue weighted by molar-refractivity contribution is 0.437. The highest BCUT2D eigenvalue weighted by Gasteiger charge is 2.24. The van der Waals surface area contributed by atoms with E-state index in [1.54, 1.807) is 6.20 Å². The summed E-state index contributed by atoms with van der Waals surface area (Å²) in [6.07, 6.45) is 6.63. The van der Waals surface area contributed by atoms with Crippen LogP contribution in [-0.2, 0) is 0 Å². The molecule has 0 spiro atoms. The summed E-state index contributed by atoms with van der Waals surface area (Å²) in [6.45, 7) is 0. The Morgan fingerprint density at radius 3 is 2.89 bits per heavy atom. The third kappa shape index (κ3) is 1.70. The SMILES string of the molecule is Clc1ncc2ccc3onc(C4CCCC4)c3c2n1. The van der Waals surface area contributed by atoms with E-state index in [1.807, 2.05) is 12.1 Å². The molecule has 0 atom stereocenters. The van der Waals surface area contributed by atoms with E-state index < -0.39 is 0 Å². The molecule has 4 nitrogen and oxygen atoms in total. The van der Waals surface area contributed by atoms with Gasteiger partial charge in [0.2, 0.25) is 5.28 Å². The molecule has 0 saturated heterocycles. The van der Waals surface area contributed by atoms with Gasteiger partial charge in [0.25, 0.3) is 0 Å². The summed E-state index contributed by atoms with van der Waals surface area (Å²) in [5.74, 6) is 0.487. The van der Waals surface area contributed by atoms with Crippen molar-refractivity contribution >= 4 is 33.5 Å². The van der Waals surface area contributed by atoms with E-state index in [4.69, 9.17) is 16.1 Å². The minimum Gasteiger partial charge on any atom is -0.356 e. The second kappa shape index (κ2) is 4.17. The fraction of sp³-hybridized carbons (Fsp3) is 0.357. The first-order valence-electron chi connectivity index (χ1n) is 6.53. The monoisotopic (exact) mass is 273 g/mol. The van der Waals surface area contributed by atoms with Crippen LogP contribution in [0.15, 0.2) is 22.9 Å². The number of benzene rings is 1. The number of hydrogen-bond acceptors (Lipinski definition) is 4. The van der Waals surface area contributed by atoms with Crippen LogP contribution in [0.1, 0.15) is 37.3 Å². The van der Waals surface area contributed by atoms with Gasteiger partial charge in [0.05, 0.1) is 16.6 Å². The third-order valence-electron chi connectivity index (χ3n) is 3.93. The van der Waals surface area contributed by atoms with E-state index in [9.17, 15) is 0 Å². The van der Waals surface area contributed by atoms with Crippen LogP contribution >= 0.6 is 11.6 Å². The van der Waals surface area contributed by atoms with Crippen LogP contribution in [0.2, 0.25) is 5.28 Å². The van der Waals surface area contributed by atoms with Gasteiger partial charge in [-0.25, -0.2) is 9.97 Å². The van der Waals surface area contributed by atoms with Crippen LogP contribution < -0.4 is 0 Å². The molecule has 0 radical (unpaired) electrons. The zero-order chi connectivity index (χ0) is 12.8. The Kier molecular flexibility index (Phi) is 2.45. The standard InChI is InChI=1S/C14H12ClN3O/c15-14-16-7-9-5-6-10-11(12(9)17-14)13(18-19-10)8-3-1-2-4-8/h5-8H,1-4H2. The average Bonchev–Trinajstić information content (AvgIpc) is 3.07. The van der Waals surface area contributed by atoms with E-state index in [0.717, 1.165) is 27.6 Å². The maximum atomic E-state index is 5.92. The molecule has 19 heavy (non-hydrogen) atoms. The zero-order valence-electron chi connectivity index (χ0n) is 10.3. The van der Waals surface area contributed by atoms with E-state index in [2.05, 4.69) is 15.1 Å². The Hall–Kier alpha value is -1.68. The molecule has 4 rings (SSSR count). The molecule has 1 saturated carbocycles. The minimum absolute atomic E-state index is 0.263. The predicted octanol–water partition coefficient (Wildman–Crippen LogP) is 4.08. The van der Waals surface area contributed by atoms with Crippen LogP contribution in [0, 0.1) is 0 Å². The van der Waals surface area contributed by atoms with Crippen molar-refractivity contribution in [1.29, 1.82) is 0 Å². The molecule has 5 heteroatoms. The van der Waals surface area contributed by atoms with Gasteiger partial charge in [0, 0.05) is 17.5 Å². The Morgan fingerprint density at radius 1 is 1.21 bits per heavy atom. The van der Waals surface area contributed by atoms with Crippen molar-refractivity contribution in [3.05, 3.63) is 29.3 Å². The normalized spacial score (nSPS) is 16.7. The summed E-state index contributed by atoms with van der Waals surface area (Å²) in [6, 6.07) is 3.87. The van der Waals surface area contributed by atoms with E-state index in [0.29, 0.717) is 5.92 Å². The van der Waals surface area contributed by atoms with Gasteiger partial charge in [-0.15, -0.1) is 0 Å². The molecule has 0 aliphatic heterocycles. The third-order valence-corrected chi connectivity index (χ3v) is 4.11. The first-order valence-corrected chi connectivity index (χ1v) is 6.91. The van der Waals surface area contributed by atoms with Crippen LogP contribution in [-0.4, -0.2) is 15.1 Å². The van der Waals surface area contributed by atoms with Gasteiger partial charge in [-0.05, 0) is 36.6 Å². The Balaban J connectivity index is 2.06. The van der Waals surface area contributed by atoms with Crippen molar-refractivity contribution in [2.75, 3.05) is 0 Å². The fourth-order valence-electron chi connectivity index (χ4n) is 3.00. The smallest absolute Gasteiger partial charge is 0.222 e. The predicted molar refractivity (Wildman–Crippen MR) is 73.3 cm³/mol. The van der Waals surface area contributed by atoms with Crippen molar-refractivity contribution in [3.63, 3.8) is 0 Å². The Bertz CT molecular complexity index is 762. The highest BCUT2D eigenvalue weighted by Crippen LogP contribution is 2.39. The number of halogens is 1. The van der Waals surface area contributed by atoms with Gasteiger partial charge in [0.15, 0.2) is 5.58 Å². The number of nitrogens with zero attached hydrogens (tertiary/aromatic N) is 3. The quantitative estimate of drug-likeness (QED) is 0.627. The molecule has 0 unspecified atom stereocenters. The number of hydrogen-bond donors (Lipinski definition) is 0. The Labute approximate surface area is 114 Å². The summed E-state index contributed by atoms with van der Waals surface area (Å²) in [5.41, 5.74) is 2.66. The number of fused-ring (bicyclic) bond motifs is 3. The van der Waals surface area contributed by atoms with Gasteiger partial charge < -0.3 is 4.52 Å².